The van der Waals surface area contributed by atoms with Crippen LogP contribution < -0.4 is 8.85 Å². The Kier molecular flexibility index (Phi) is 5.08. The zero-order valence-electron chi connectivity index (χ0n) is 12.6. The number of aliphatic hydroxyl groups is 1. The smallest absolute Gasteiger partial charge is 0.478 e. The second kappa shape index (κ2) is 7.62. The molecule has 1 unspecified atom stereocenters. The van der Waals surface area contributed by atoms with Gasteiger partial charge in [-0.05, 0) is 29.8 Å². The van der Waals surface area contributed by atoms with Gasteiger partial charge in [-0.25, -0.2) is 0 Å². The first-order valence-electron chi connectivity index (χ1n) is 7.49. The van der Waals surface area contributed by atoms with Crippen LogP contribution in [0.5, 0.6) is 11.5 Å². The van der Waals surface area contributed by atoms with Crippen LogP contribution in [0.1, 0.15) is 11.3 Å². The third kappa shape index (κ3) is 4.22. The van der Waals surface area contributed by atoms with E-state index >= 15 is 0 Å². The molecule has 0 amide bonds. The first kappa shape index (κ1) is 15.3. The quantitative estimate of drug-likeness (QED) is 0.704. The molecule has 0 bridgehead atoms. The molecule has 0 spiro atoms. The highest BCUT2D eigenvalue weighted by Gasteiger charge is 2.29. The first-order valence-corrected chi connectivity index (χ1v) is 9.10. The molecule has 0 aliphatic carbocycles. The Bertz CT molecular complexity index is 663. The van der Waals surface area contributed by atoms with Crippen molar-refractivity contribution in [2.75, 3.05) is 0 Å². The molecule has 23 heavy (non-hydrogen) atoms. The molecule has 0 aromatic heterocycles. The van der Waals surface area contributed by atoms with Crippen LogP contribution in [-0.4, -0.2) is 14.4 Å². The monoisotopic (exact) mass is 322 g/mol. The maximum Gasteiger partial charge on any atom is 0.478 e. The Morgan fingerprint density at radius 2 is 1.00 bits per heavy atom. The highest BCUT2D eigenvalue weighted by Crippen LogP contribution is 2.22. The third-order valence-electron chi connectivity index (χ3n) is 3.39. The van der Waals surface area contributed by atoms with Gasteiger partial charge in [0.1, 0.15) is 17.2 Å². The summed E-state index contributed by atoms with van der Waals surface area (Å²) in [5.74, 6) is 1.41. The summed E-state index contributed by atoms with van der Waals surface area (Å²) >= 11 is 0. The van der Waals surface area contributed by atoms with E-state index in [-0.39, 0.29) is 0 Å². The van der Waals surface area contributed by atoms with Gasteiger partial charge < -0.3 is 14.0 Å². The Labute approximate surface area is 137 Å². The highest BCUT2D eigenvalue weighted by molar-refractivity contribution is 6.47. The molecular weight excluding hydrogens is 304 g/mol. The molecule has 0 saturated heterocycles. The minimum atomic E-state index is -2.45. The topological polar surface area (TPSA) is 38.7 Å². The van der Waals surface area contributed by atoms with Crippen LogP contribution in [0.15, 0.2) is 91.0 Å². The van der Waals surface area contributed by atoms with Gasteiger partial charge in [0, 0.05) is 0 Å². The van der Waals surface area contributed by atoms with Crippen molar-refractivity contribution in [2.45, 2.75) is 5.73 Å². The molecule has 0 heterocycles. The average molecular weight is 322 g/mol. The van der Waals surface area contributed by atoms with E-state index in [0.717, 1.165) is 5.56 Å². The highest BCUT2D eigenvalue weighted by atomic mass is 28.3. The van der Waals surface area contributed by atoms with Crippen molar-refractivity contribution in [1.29, 1.82) is 0 Å². The molecule has 3 rings (SSSR count). The zero-order valence-corrected chi connectivity index (χ0v) is 13.7. The van der Waals surface area contributed by atoms with Gasteiger partial charge in [-0.3, -0.25) is 0 Å². The van der Waals surface area contributed by atoms with Crippen LogP contribution in [0.25, 0.3) is 0 Å². The molecule has 0 fully saturated rings. The lowest BCUT2D eigenvalue weighted by Gasteiger charge is -2.23. The lowest BCUT2D eigenvalue weighted by molar-refractivity contribution is 0.208. The SMILES string of the molecule is OC(c1ccccc1)[SiH](Oc1ccccc1)Oc1ccccc1. The lowest BCUT2D eigenvalue weighted by Crippen LogP contribution is -2.37. The van der Waals surface area contributed by atoms with Gasteiger partial charge in [0.15, 0.2) is 0 Å². The van der Waals surface area contributed by atoms with Crippen molar-refractivity contribution in [3.8, 4) is 11.5 Å². The van der Waals surface area contributed by atoms with Crippen molar-refractivity contribution >= 4 is 9.28 Å². The summed E-state index contributed by atoms with van der Waals surface area (Å²) in [6.07, 6.45) is 0. The molecule has 0 aliphatic rings. The van der Waals surface area contributed by atoms with E-state index in [1.165, 1.54) is 0 Å². The Balaban J connectivity index is 1.83. The normalized spacial score (nSPS) is 11.9. The summed E-state index contributed by atoms with van der Waals surface area (Å²) in [5, 5.41) is 10.7. The Morgan fingerprint density at radius 1 is 0.609 bits per heavy atom. The van der Waals surface area contributed by atoms with E-state index < -0.39 is 15.0 Å². The van der Waals surface area contributed by atoms with Gasteiger partial charge in [-0.1, -0.05) is 66.7 Å². The Morgan fingerprint density at radius 3 is 1.43 bits per heavy atom. The predicted molar refractivity (Wildman–Crippen MR) is 92.7 cm³/mol. The minimum absolute atomic E-state index is 0.704. The number of para-hydroxylation sites is 2. The van der Waals surface area contributed by atoms with E-state index in [2.05, 4.69) is 0 Å². The van der Waals surface area contributed by atoms with Crippen LogP contribution in [0.4, 0.5) is 0 Å². The first-order chi connectivity index (χ1) is 11.3. The molecule has 0 radical (unpaired) electrons. The zero-order chi connectivity index (χ0) is 15.9. The summed E-state index contributed by atoms with van der Waals surface area (Å²) in [7, 11) is -2.45. The van der Waals surface area contributed by atoms with Gasteiger partial charge in [0.2, 0.25) is 0 Å². The summed E-state index contributed by atoms with van der Waals surface area (Å²) in [6, 6.07) is 28.4. The molecule has 0 aliphatic heterocycles. The van der Waals surface area contributed by atoms with Gasteiger partial charge in [0.25, 0.3) is 0 Å². The standard InChI is InChI=1S/C19H18O3Si/c20-19(16-10-4-1-5-11-16)23(21-17-12-6-2-7-13-17)22-18-14-8-3-9-15-18/h1-15,19-20,23H. The molecule has 3 aromatic carbocycles. The summed E-state index contributed by atoms with van der Waals surface area (Å²) in [5.41, 5.74) is 0.0349. The van der Waals surface area contributed by atoms with Crippen molar-refractivity contribution in [3.63, 3.8) is 0 Å². The molecule has 3 nitrogen and oxygen atoms in total. The van der Waals surface area contributed by atoms with Crippen LogP contribution in [0, 0.1) is 0 Å². The number of hydrogen-bond donors (Lipinski definition) is 1. The fraction of sp³-hybridized carbons (Fsp3) is 0.0526. The number of hydrogen-bond acceptors (Lipinski definition) is 3. The fourth-order valence-corrected chi connectivity index (χ4v) is 3.92. The van der Waals surface area contributed by atoms with Gasteiger partial charge in [-0.2, -0.15) is 0 Å². The maximum absolute atomic E-state index is 10.7. The molecule has 3 aromatic rings. The largest absolute Gasteiger partial charge is 0.512 e. The molecule has 0 saturated carbocycles. The van der Waals surface area contributed by atoms with Crippen molar-refractivity contribution in [2.24, 2.45) is 0 Å². The molecule has 1 N–H and O–H groups in total. The third-order valence-corrected chi connectivity index (χ3v) is 5.30. The summed E-state index contributed by atoms with van der Waals surface area (Å²) < 4.78 is 12.0. The molecular formula is C19H18O3Si. The van der Waals surface area contributed by atoms with E-state index in [9.17, 15) is 5.11 Å². The van der Waals surface area contributed by atoms with Crippen molar-refractivity contribution in [3.05, 3.63) is 96.6 Å². The van der Waals surface area contributed by atoms with Crippen molar-refractivity contribution in [1.82, 2.24) is 0 Å². The maximum atomic E-state index is 10.7. The number of aliphatic hydroxyl groups excluding tert-OH is 1. The minimum Gasteiger partial charge on any atom is -0.512 e. The van der Waals surface area contributed by atoms with Crippen LogP contribution in [0.2, 0.25) is 0 Å². The Hall–Kier alpha value is -2.56. The van der Waals surface area contributed by atoms with E-state index in [0.29, 0.717) is 11.5 Å². The second-order valence-electron chi connectivity index (χ2n) is 5.09. The molecule has 1 atom stereocenters. The van der Waals surface area contributed by atoms with E-state index in [4.69, 9.17) is 8.85 Å². The molecule has 4 heteroatoms. The summed E-state index contributed by atoms with van der Waals surface area (Å²) in [4.78, 5) is 0. The van der Waals surface area contributed by atoms with Crippen LogP contribution >= 0.6 is 0 Å². The van der Waals surface area contributed by atoms with Gasteiger partial charge >= 0.3 is 9.28 Å². The molecule has 116 valence electrons. The van der Waals surface area contributed by atoms with E-state index in [1.807, 2.05) is 91.0 Å². The number of rotatable bonds is 6. The second-order valence-corrected chi connectivity index (χ2v) is 6.93. The number of benzene rings is 3. The van der Waals surface area contributed by atoms with Gasteiger partial charge in [-0.15, -0.1) is 0 Å². The van der Waals surface area contributed by atoms with Gasteiger partial charge in [0.05, 0.1) is 0 Å². The summed E-state index contributed by atoms with van der Waals surface area (Å²) in [6.45, 7) is 0. The van der Waals surface area contributed by atoms with Crippen LogP contribution in [0.3, 0.4) is 0 Å². The van der Waals surface area contributed by atoms with E-state index in [1.54, 1.807) is 0 Å². The van der Waals surface area contributed by atoms with Crippen LogP contribution in [-0.2, 0) is 0 Å². The average Bonchev–Trinajstić information content (AvgIpc) is 2.63. The fourth-order valence-electron chi connectivity index (χ4n) is 2.23. The van der Waals surface area contributed by atoms with Crippen molar-refractivity contribution < 1.29 is 14.0 Å². The predicted octanol–water partition coefficient (Wildman–Crippen LogP) is 3.64. The lowest BCUT2D eigenvalue weighted by atomic mass is 10.2.